The summed E-state index contributed by atoms with van der Waals surface area (Å²) < 4.78 is 25.8. The molecule has 0 aliphatic carbocycles. The second-order valence-electron chi connectivity index (χ2n) is 3.94. The molecule has 0 aromatic heterocycles. The molecule has 1 unspecified atom stereocenters. The van der Waals surface area contributed by atoms with Crippen LogP contribution in [0.2, 0.25) is 5.02 Å². The number of hydrogen-bond donors (Lipinski definition) is 2. The van der Waals surface area contributed by atoms with E-state index in [1.54, 1.807) is 0 Å². The Hall–Kier alpha value is -1.20. The van der Waals surface area contributed by atoms with Crippen LogP contribution >= 0.6 is 11.6 Å². The summed E-state index contributed by atoms with van der Waals surface area (Å²) in [5.74, 6) is -3.05. The summed E-state index contributed by atoms with van der Waals surface area (Å²) in [7, 11) is 0. The predicted octanol–water partition coefficient (Wildman–Crippen LogP) is 3.30. The first-order valence-corrected chi connectivity index (χ1v) is 5.84. The van der Waals surface area contributed by atoms with Gasteiger partial charge in [-0.3, -0.25) is 4.79 Å². The fourth-order valence-electron chi connectivity index (χ4n) is 1.56. The molecule has 0 aliphatic rings. The molecule has 0 spiro atoms. The van der Waals surface area contributed by atoms with E-state index < -0.39 is 23.7 Å². The third kappa shape index (κ3) is 4.23. The van der Waals surface area contributed by atoms with Crippen LogP contribution in [0.3, 0.4) is 0 Å². The Balaban J connectivity index is 2.58. The van der Waals surface area contributed by atoms with Crippen LogP contribution in [0, 0.1) is 11.6 Å². The largest absolute Gasteiger partial charge is 0.481 e. The van der Waals surface area contributed by atoms with Crippen molar-refractivity contribution < 1.29 is 23.8 Å². The average molecular weight is 279 g/mol. The van der Waals surface area contributed by atoms with E-state index in [4.69, 9.17) is 16.7 Å². The van der Waals surface area contributed by atoms with Crippen LogP contribution in [0.4, 0.5) is 8.78 Å². The lowest BCUT2D eigenvalue weighted by Crippen LogP contribution is -2.02. The van der Waals surface area contributed by atoms with Crippen molar-refractivity contribution in [3.8, 4) is 0 Å². The quantitative estimate of drug-likeness (QED) is 0.620. The van der Waals surface area contributed by atoms with E-state index in [0.29, 0.717) is 12.8 Å². The second kappa shape index (κ2) is 6.66. The maximum atomic E-state index is 13.0. The summed E-state index contributed by atoms with van der Waals surface area (Å²) in [4.78, 5) is 10.3. The third-order valence-corrected chi connectivity index (χ3v) is 2.84. The number of aliphatic hydroxyl groups excluding tert-OH is 1. The molecule has 100 valence electrons. The average Bonchev–Trinajstić information content (AvgIpc) is 2.28. The smallest absolute Gasteiger partial charge is 0.303 e. The van der Waals surface area contributed by atoms with Crippen molar-refractivity contribution in [3.05, 3.63) is 34.4 Å². The number of carboxylic acids is 1. The van der Waals surface area contributed by atoms with E-state index in [1.165, 1.54) is 0 Å². The second-order valence-corrected chi connectivity index (χ2v) is 4.35. The minimum Gasteiger partial charge on any atom is -0.481 e. The first-order chi connectivity index (χ1) is 8.41. The number of carboxylic acid groups (broad SMARTS) is 1. The molecule has 0 saturated heterocycles. The van der Waals surface area contributed by atoms with Crippen molar-refractivity contribution in [2.24, 2.45) is 0 Å². The Bertz CT molecular complexity index is 438. The number of aliphatic hydroxyl groups is 1. The van der Waals surface area contributed by atoms with E-state index in [1.807, 2.05) is 0 Å². The number of rotatable bonds is 6. The fraction of sp³-hybridized carbons (Fsp3) is 0.417. The number of carbonyl (C=O) groups is 1. The normalized spacial score (nSPS) is 12.4. The van der Waals surface area contributed by atoms with Crippen LogP contribution in [0.15, 0.2) is 12.1 Å². The molecule has 3 nitrogen and oxygen atoms in total. The fourth-order valence-corrected chi connectivity index (χ4v) is 1.84. The van der Waals surface area contributed by atoms with Crippen LogP contribution < -0.4 is 0 Å². The first kappa shape index (κ1) is 14.9. The molecule has 6 heteroatoms. The van der Waals surface area contributed by atoms with Crippen molar-refractivity contribution in [1.82, 2.24) is 0 Å². The molecule has 0 saturated carbocycles. The van der Waals surface area contributed by atoms with Crippen molar-refractivity contribution >= 4 is 17.6 Å². The highest BCUT2D eigenvalue weighted by Crippen LogP contribution is 2.28. The van der Waals surface area contributed by atoms with Gasteiger partial charge < -0.3 is 10.2 Å². The van der Waals surface area contributed by atoms with Gasteiger partial charge in [-0.25, -0.2) is 8.78 Å². The van der Waals surface area contributed by atoms with E-state index in [9.17, 15) is 18.7 Å². The first-order valence-electron chi connectivity index (χ1n) is 5.46. The third-order valence-electron chi connectivity index (χ3n) is 2.52. The van der Waals surface area contributed by atoms with Gasteiger partial charge in [0.15, 0.2) is 11.6 Å². The topological polar surface area (TPSA) is 57.5 Å². The van der Waals surface area contributed by atoms with Gasteiger partial charge in [0, 0.05) is 17.0 Å². The van der Waals surface area contributed by atoms with Crippen LogP contribution in [0.1, 0.15) is 37.4 Å². The molecule has 18 heavy (non-hydrogen) atoms. The highest BCUT2D eigenvalue weighted by Gasteiger charge is 2.15. The number of benzene rings is 1. The Labute approximate surface area is 108 Å². The van der Waals surface area contributed by atoms with Crippen molar-refractivity contribution in [2.75, 3.05) is 0 Å². The monoisotopic (exact) mass is 278 g/mol. The highest BCUT2D eigenvalue weighted by molar-refractivity contribution is 6.31. The standard InChI is InChI=1S/C12H13ClF2O3/c13-8-6-10(15)9(14)5-7(8)11(16)3-1-2-4-12(17)18/h5-6,11,16H,1-4H2,(H,17,18). The van der Waals surface area contributed by atoms with Gasteiger partial charge in [0.25, 0.3) is 0 Å². The molecular formula is C12H13ClF2O3. The van der Waals surface area contributed by atoms with Gasteiger partial charge in [-0.1, -0.05) is 11.6 Å². The number of aliphatic carboxylic acids is 1. The molecule has 0 amide bonds. The molecular weight excluding hydrogens is 266 g/mol. The Morgan fingerprint density at radius 3 is 2.50 bits per heavy atom. The van der Waals surface area contributed by atoms with Crippen molar-refractivity contribution in [3.63, 3.8) is 0 Å². The summed E-state index contributed by atoms with van der Waals surface area (Å²) in [5, 5.41) is 18.2. The zero-order valence-corrected chi connectivity index (χ0v) is 10.3. The van der Waals surface area contributed by atoms with E-state index in [2.05, 4.69) is 0 Å². The summed E-state index contributed by atoms with van der Waals surface area (Å²) >= 11 is 5.70. The lowest BCUT2D eigenvalue weighted by molar-refractivity contribution is -0.137. The maximum Gasteiger partial charge on any atom is 0.303 e. The van der Waals surface area contributed by atoms with Gasteiger partial charge >= 0.3 is 5.97 Å². The Kier molecular flexibility index (Phi) is 5.50. The van der Waals surface area contributed by atoms with Crippen LogP contribution in [0.25, 0.3) is 0 Å². The van der Waals surface area contributed by atoms with E-state index in [-0.39, 0.29) is 23.4 Å². The highest BCUT2D eigenvalue weighted by atomic mass is 35.5. The zero-order valence-electron chi connectivity index (χ0n) is 9.50. The van der Waals surface area contributed by atoms with Crippen LogP contribution in [0.5, 0.6) is 0 Å². The number of halogens is 3. The summed E-state index contributed by atoms with van der Waals surface area (Å²) in [6.45, 7) is 0. The van der Waals surface area contributed by atoms with Gasteiger partial charge in [0.1, 0.15) is 0 Å². The van der Waals surface area contributed by atoms with E-state index >= 15 is 0 Å². The molecule has 0 aliphatic heterocycles. The SMILES string of the molecule is O=C(O)CCCCC(O)c1cc(F)c(F)cc1Cl. The van der Waals surface area contributed by atoms with Crippen molar-refractivity contribution in [1.29, 1.82) is 0 Å². The number of hydrogen-bond acceptors (Lipinski definition) is 2. The van der Waals surface area contributed by atoms with Gasteiger partial charge in [-0.2, -0.15) is 0 Å². The van der Waals surface area contributed by atoms with Crippen molar-refractivity contribution in [2.45, 2.75) is 31.8 Å². The van der Waals surface area contributed by atoms with Gasteiger partial charge in [0.2, 0.25) is 0 Å². The summed E-state index contributed by atoms with van der Waals surface area (Å²) in [5.41, 5.74) is 0.117. The van der Waals surface area contributed by atoms with E-state index in [0.717, 1.165) is 12.1 Å². The van der Waals surface area contributed by atoms with Gasteiger partial charge in [-0.15, -0.1) is 0 Å². The Morgan fingerprint density at radius 2 is 1.89 bits per heavy atom. The molecule has 0 fully saturated rings. The zero-order chi connectivity index (χ0) is 13.7. The molecule has 1 atom stereocenters. The molecule has 0 radical (unpaired) electrons. The lowest BCUT2D eigenvalue weighted by Gasteiger charge is -2.12. The molecule has 2 N–H and O–H groups in total. The van der Waals surface area contributed by atoms with Crippen LogP contribution in [-0.2, 0) is 4.79 Å². The summed E-state index contributed by atoms with van der Waals surface area (Å²) in [6.07, 6.45) is 0.105. The van der Waals surface area contributed by atoms with Gasteiger partial charge in [0.05, 0.1) is 6.10 Å². The van der Waals surface area contributed by atoms with Gasteiger partial charge in [-0.05, 0) is 31.4 Å². The minimum absolute atomic E-state index is 0.0121. The minimum atomic E-state index is -1.07. The number of unbranched alkanes of at least 4 members (excludes halogenated alkanes) is 1. The molecule has 1 aromatic rings. The Morgan fingerprint density at radius 1 is 1.28 bits per heavy atom. The lowest BCUT2D eigenvalue weighted by atomic mass is 10.0. The molecule has 0 bridgehead atoms. The maximum absolute atomic E-state index is 13.0. The summed E-state index contributed by atoms with van der Waals surface area (Å²) in [6, 6.07) is 1.67. The molecule has 1 aromatic carbocycles. The molecule has 0 heterocycles. The molecule has 1 rings (SSSR count). The predicted molar refractivity (Wildman–Crippen MR) is 62.4 cm³/mol. The van der Waals surface area contributed by atoms with Crippen LogP contribution in [-0.4, -0.2) is 16.2 Å².